The van der Waals surface area contributed by atoms with Crippen molar-refractivity contribution in [3.63, 3.8) is 0 Å². The van der Waals surface area contributed by atoms with Crippen molar-refractivity contribution in [3.05, 3.63) is 174 Å². The van der Waals surface area contributed by atoms with E-state index in [1.165, 1.54) is 27.8 Å². The third kappa shape index (κ3) is 3.74. The maximum absolute atomic E-state index is 6.70. The summed E-state index contributed by atoms with van der Waals surface area (Å²) in [5.41, 5.74) is 12.9. The molecular formula is C44H29NO2. The van der Waals surface area contributed by atoms with E-state index in [-0.39, 0.29) is 5.41 Å². The molecule has 7 aromatic carbocycles. The summed E-state index contributed by atoms with van der Waals surface area (Å²) in [6, 6.07) is 56.0. The molecule has 0 N–H and O–H groups in total. The molecule has 47 heavy (non-hydrogen) atoms. The van der Waals surface area contributed by atoms with Gasteiger partial charge in [0.1, 0.15) is 22.3 Å². The average Bonchev–Trinajstić information content (AvgIpc) is 3.77. The number of nitrogens with zero attached hydrogens (tertiary/aromatic N) is 1. The van der Waals surface area contributed by atoms with Crippen LogP contribution in [-0.4, -0.2) is 0 Å². The van der Waals surface area contributed by atoms with Gasteiger partial charge in [-0.1, -0.05) is 97.1 Å². The second-order valence-corrected chi connectivity index (χ2v) is 12.7. The summed E-state index contributed by atoms with van der Waals surface area (Å²) in [5, 5.41) is 4.46. The zero-order valence-corrected chi connectivity index (χ0v) is 25.8. The summed E-state index contributed by atoms with van der Waals surface area (Å²) in [6.07, 6.45) is 0. The van der Waals surface area contributed by atoms with Crippen LogP contribution in [0.4, 0.5) is 17.1 Å². The molecule has 222 valence electrons. The van der Waals surface area contributed by atoms with Gasteiger partial charge < -0.3 is 13.7 Å². The average molecular weight is 604 g/mol. The number of anilines is 3. The molecule has 2 heterocycles. The second kappa shape index (κ2) is 9.72. The molecule has 0 saturated heterocycles. The largest absolute Gasteiger partial charge is 0.456 e. The summed E-state index contributed by atoms with van der Waals surface area (Å²) >= 11 is 0. The molecule has 3 nitrogen and oxygen atoms in total. The van der Waals surface area contributed by atoms with Crippen molar-refractivity contribution < 1.29 is 8.83 Å². The van der Waals surface area contributed by atoms with Crippen LogP contribution in [0.2, 0.25) is 0 Å². The van der Waals surface area contributed by atoms with Crippen LogP contribution in [0.5, 0.6) is 0 Å². The molecule has 3 heteroatoms. The molecule has 0 aliphatic heterocycles. The molecule has 9 aromatic rings. The van der Waals surface area contributed by atoms with Gasteiger partial charge in [-0.3, -0.25) is 0 Å². The number of hydrogen-bond acceptors (Lipinski definition) is 3. The zero-order chi connectivity index (χ0) is 31.1. The maximum Gasteiger partial charge on any atom is 0.137 e. The van der Waals surface area contributed by atoms with Crippen LogP contribution in [0.3, 0.4) is 0 Å². The van der Waals surface area contributed by atoms with E-state index in [4.69, 9.17) is 8.83 Å². The molecule has 1 aliphatic carbocycles. The molecule has 0 fully saturated rings. The normalized spacial score (nSPS) is 13.4. The van der Waals surface area contributed by atoms with Gasteiger partial charge in [-0.05, 0) is 83.3 Å². The van der Waals surface area contributed by atoms with Crippen LogP contribution in [0.15, 0.2) is 167 Å². The first-order valence-electron chi connectivity index (χ1n) is 16.1. The fourth-order valence-electron chi connectivity index (χ4n) is 7.86. The van der Waals surface area contributed by atoms with Gasteiger partial charge >= 0.3 is 0 Å². The van der Waals surface area contributed by atoms with Gasteiger partial charge in [-0.15, -0.1) is 0 Å². The van der Waals surface area contributed by atoms with Gasteiger partial charge in [0, 0.05) is 56.2 Å². The van der Waals surface area contributed by atoms with Crippen molar-refractivity contribution in [1.29, 1.82) is 0 Å². The zero-order valence-electron chi connectivity index (χ0n) is 25.8. The highest BCUT2D eigenvalue weighted by Crippen LogP contribution is 2.52. The van der Waals surface area contributed by atoms with Gasteiger partial charge in [0.2, 0.25) is 0 Å². The summed E-state index contributed by atoms with van der Waals surface area (Å²) in [7, 11) is 0. The molecular weight excluding hydrogens is 574 g/mol. The van der Waals surface area contributed by atoms with Gasteiger partial charge in [0.05, 0.1) is 0 Å². The highest BCUT2D eigenvalue weighted by atomic mass is 16.3. The number of benzene rings is 7. The molecule has 0 bridgehead atoms. The third-order valence-electron chi connectivity index (χ3n) is 10.1. The smallest absolute Gasteiger partial charge is 0.137 e. The molecule has 0 atom stereocenters. The van der Waals surface area contributed by atoms with Crippen LogP contribution in [-0.2, 0) is 5.41 Å². The number of fused-ring (bicyclic) bond motifs is 9. The SMILES string of the molecule is CC1(c2ccc3c(c2)oc2cc(N(c4ccccc4)c4ccc5c(c4)oc4ccccc45)ccc23)c2ccccc2-c2ccccc21. The van der Waals surface area contributed by atoms with E-state index < -0.39 is 0 Å². The van der Waals surface area contributed by atoms with E-state index in [0.29, 0.717) is 0 Å². The molecule has 0 amide bonds. The lowest BCUT2D eigenvalue weighted by Gasteiger charge is -2.28. The molecule has 2 aromatic heterocycles. The van der Waals surface area contributed by atoms with Crippen LogP contribution < -0.4 is 4.90 Å². The minimum Gasteiger partial charge on any atom is -0.456 e. The predicted molar refractivity (Wildman–Crippen MR) is 193 cm³/mol. The number of furan rings is 2. The molecule has 1 aliphatic rings. The quantitative estimate of drug-likeness (QED) is 0.200. The van der Waals surface area contributed by atoms with Crippen molar-refractivity contribution in [2.45, 2.75) is 12.3 Å². The predicted octanol–water partition coefficient (Wildman–Crippen LogP) is 12.3. The molecule has 0 saturated carbocycles. The minimum atomic E-state index is -0.273. The molecule has 0 spiro atoms. The van der Waals surface area contributed by atoms with Crippen molar-refractivity contribution in [2.24, 2.45) is 0 Å². The fraction of sp³-hybridized carbons (Fsp3) is 0.0455. The molecule has 0 unspecified atom stereocenters. The monoisotopic (exact) mass is 603 g/mol. The summed E-state index contributed by atoms with van der Waals surface area (Å²) in [6.45, 7) is 2.34. The van der Waals surface area contributed by atoms with E-state index in [1.807, 2.05) is 18.2 Å². The fourth-order valence-corrected chi connectivity index (χ4v) is 7.86. The van der Waals surface area contributed by atoms with Crippen molar-refractivity contribution in [3.8, 4) is 11.1 Å². The molecule has 10 rings (SSSR count). The Morgan fingerprint density at radius 1 is 0.404 bits per heavy atom. The first-order valence-corrected chi connectivity index (χ1v) is 16.1. The Morgan fingerprint density at radius 2 is 0.894 bits per heavy atom. The maximum atomic E-state index is 6.70. The Kier molecular flexibility index (Phi) is 5.41. The standard InChI is InChI=1S/C44H29NO2/c1-44(38-16-8-5-13-32(38)33-14-6-9-17-39(33)44)28-19-22-35-37-24-21-31(27-43(37)47-41(35)25-28)45(29-11-3-2-4-12-29)30-20-23-36-34-15-7-10-18-40(34)46-42(36)26-30/h2-27H,1H3. The van der Waals surface area contributed by atoms with E-state index in [1.54, 1.807) is 0 Å². The van der Waals surface area contributed by atoms with Crippen molar-refractivity contribution >= 4 is 60.9 Å². The third-order valence-corrected chi connectivity index (χ3v) is 10.1. The van der Waals surface area contributed by atoms with Crippen LogP contribution >= 0.6 is 0 Å². The lowest BCUT2D eigenvalue weighted by molar-refractivity contribution is 0.662. The Hall–Kier alpha value is -6.06. The van der Waals surface area contributed by atoms with E-state index in [0.717, 1.165) is 60.9 Å². The Balaban J connectivity index is 1.12. The highest BCUT2D eigenvalue weighted by Gasteiger charge is 2.40. The Labute approximate surface area is 271 Å². The van der Waals surface area contributed by atoms with Gasteiger partial charge in [0.25, 0.3) is 0 Å². The van der Waals surface area contributed by atoms with E-state index >= 15 is 0 Å². The van der Waals surface area contributed by atoms with Gasteiger partial charge in [0.15, 0.2) is 0 Å². The Morgan fingerprint density at radius 3 is 1.55 bits per heavy atom. The van der Waals surface area contributed by atoms with E-state index in [2.05, 4.69) is 151 Å². The lowest BCUT2D eigenvalue weighted by atomic mass is 9.74. The van der Waals surface area contributed by atoms with E-state index in [9.17, 15) is 0 Å². The number of rotatable bonds is 4. The van der Waals surface area contributed by atoms with Gasteiger partial charge in [-0.25, -0.2) is 0 Å². The first-order chi connectivity index (χ1) is 23.2. The lowest BCUT2D eigenvalue weighted by Crippen LogP contribution is -2.22. The van der Waals surface area contributed by atoms with Crippen molar-refractivity contribution in [1.82, 2.24) is 0 Å². The molecule has 0 radical (unpaired) electrons. The summed E-state index contributed by atoms with van der Waals surface area (Å²) in [5.74, 6) is 0. The Bertz CT molecular complexity index is 2620. The number of hydrogen-bond donors (Lipinski definition) is 0. The van der Waals surface area contributed by atoms with Crippen LogP contribution in [0, 0.1) is 0 Å². The number of para-hydroxylation sites is 2. The van der Waals surface area contributed by atoms with Crippen LogP contribution in [0.25, 0.3) is 55.0 Å². The van der Waals surface area contributed by atoms with Crippen LogP contribution in [0.1, 0.15) is 23.6 Å². The summed E-state index contributed by atoms with van der Waals surface area (Å²) in [4.78, 5) is 2.26. The topological polar surface area (TPSA) is 29.5 Å². The second-order valence-electron chi connectivity index (χ2n) is 12.7. The summed E-state index contributed by atoms with van der Waals surface area (Å²) < 4.78 is 13.0. The van der Waals surface area contributed by atoms with Crippen molar-refractivity contribution in [2.75, 3.05) is 4.90 Å². The highest BCUT2D eigenvalue weighted by molar-refractivity contribution is 6.08. The van der Waals surface area contributed by atoms with Gasteiger partial charge in [-0.2, -0.15) is 0 Å². The minimum absolute atomic E-state index is 0.273. The first kappa shape index (κ1) is 26.2.